The number of hydrogen-bond acceptors (Lipinski definition) is 3. The number of aliphatic carboxylic acids is 1. The number of hydrogen-bond donors (Lipinski definition) is 2. The third kappa shape index (κ3) is 3.06. The van der Waals surface area contributed by atoms with Gasteiger partial charge in [0.2, 0.25) is 5.91 Å². The zero-order chi connectivity index (χ0) is 12.3. The monoisotopic (exact) mass is 253 g/mol. The van der Waals surface area contributed by atoms with Crippen molar-refractivity contribution in [2.75, 3.05) is 5.32 Å². The van der Waals surface area contributed by atoms with E-state index in [1.807, 2.05) is 17.5 Å². The predicted octanol–water partition coefficient (Wildman–Crippen LogP) is 2.58. The van der Waals surface area contributed by atoms with Crippen molar-refractivity contribution in [3.8, 4) is 0 Å². The fraction of sp³-hybridized carbons (Fsp3) is 0.500. The van der Waals surface area contributed by atoms with Crippen LogP contribution >= 0.6 is 11.3 Å². The molecule has 1 aromatic heterocycles. The zero-order valence-electron chi connectivity index (χ0n) is 9.39. The molecule has 5 heteroatoms. The molecule has 0 saturated heterocycles. The molecule has 0 radical (unpaired) electrons. The number of carbonyl (C=O) groups excluding carboxylic acids is 1. The molecule has 17 heavy (non-hydrogen) atoms. The molecule has 1 amide bonds. The minimum atomic E-state index is -0.734. The molecule has 0 bridgehead atoms. The summed E-state index contributed by atoms with van der Waals surface area (Å²) in [6, 6.07) is 3.76. The lowest BCUT2D eigenvalue weighted by molar-refractivity contribution is -0.143. The Morgan fingerprint density at radius 2 is 1.88 bits per heavy atom. The Balaban J connectivity index is 1.84. The van der Waals surface area contributed by atoms with Gasteiger partial charge in [0.05, 0.1) is 10.9 Å². The highest BCUT2D eigenvalue weighted by Gasteiger charge is 2.29. The van der Waals surface area contributed by atoms with Gasteiger partial charge in [-0.25, -0.2) is 0 Å². The number of anilines is 1. The third-order valence-corrected chi connectivity index (χ3v) is 4.00. The van der Waals surface area contributed by atoms with Crippen LogP contribution in [0.4, 0.5) is 5.00 Å². The summed E-state index contributed by atoms with van der Waals surface area (Å²) in [7, 11) is 0. The molecule has 1 aliphatic rings. The molecule has 1 aliphatic carbocycles. The molecule has 0 atom stereocenters. The topological polar surface area (TPSA) is 66.4 Å². The van der Waals surface area contributed by atoms with Crippen LogP contribution in [0.1, 0.15) is 25.7 Å². The first kappa shape index (κ1) is 12.1. The van der Waals surface area contributed by atoms with Gasteiger partial charge < -0.3 is 10.4 Å². The molecule has 0 unspecified atom stereocenters. The lowest BCUT2D eigenvalue weighted by Crippen LogP contribution is -2.29. The van der Waals surface area contributed by atoms with E-state index >= 15 is 0 Å². The van der Waals surface area contributed by atoms with Crippen LogP contribution in [0.25, 0.3) is 0 Å². The Kier molecular flexibility index (Phi) is 3.78. The first-order valence-corrected chi connectivity index (χ1v) is 6.62. The van der Waals surface area contributed by atoms with E-state index in [2.05, 4.69) is 5.32 Å². The van der Waals surface area contributed by atoms with Gasteiger partial charge in [0, 0.05) is 5.92 Å². The molecule has 1 fully saturated rings. The molecule has 2 rings (SSSR count). The number of rotatable bonds is 3. The molecule has 92 valence electrons. The first-order valence-electron chi connectivity index (χ1n) is 5.74. The predicted molar refractivity (Wildman–Crippen MR) is 66.0 cm³/mol. The van der Waals surface area contributed by atoms with E-state index in [1.54, 1.807) is 0 Å². The third-order valence-electron chi connectivity index (χ3n) is 3.21. The number of carbonyl (C=O) groups is 2. The fourth-order valence-corrected chi connectivity index (χ4v) is 2.80. The maximum absolute atomic E-state index is 11.9. The summed E-state index contributed by atoms with van der Waals surface area (Å²) in [6.45, 7) is 0. The quantitative estimate of drug-likeness (QED) is 0.870. The summed E-state index contributed by atoms with van der Waals surface area (Å²) in [5.74, 6) is -1.01. The Bertz CT molecular complexity index is 394. The number of amides is 1. The second kappa shape index (κ2) is 5.31. The lowest BCUT2D eigenvalue weighted by Gasteiger charge is -2.24. The lowest BCUT2D eigenvalue weighted by atomic mass is 9.81. The molecule has 4 nitrogen and oxygen atoms in total. The summed E-state index contributed by atoms with van der Waals surface area (Å²) < 4.78 is 0. The summed E-state index contributed by atoms with van der Waals surface area (Å²) in [4.78, 5) is 22.7. The Labute approximate surface area is 104 Å². The Morgan fingerprint density at radius 3 is 2.41 bits per heavy atom. The summed E-state index contributed by atoms with van der Waals surface area (Å²) in [6.07, 6.45) is 2.57. The van der Waals surface area contributed by atoms with Crippen LogP contribution in [-0.2, 0) is 9.59 Å². The minimum Gasteiger partial charge on any atom is -0.481 e. The Morgan fingerprint density at radius 1 is 1.24 bits per heavy atom. The molecule has 0 spiro atoms. The van der Waals surface area contributed by atoms with Crippen LogP contribution in [0.3, 0.4) is 0 Å². The number of carboxylic acids is 1. The van der Waals surface area contributed by atoms with E-state index in [9.17, 15) is 9.59 Å². The van der Waals surface area contributed by atoms with E-state index in [0.717, 1.165) is 5.00 Å². The average Bonchev–Trinajstić information content (AvgIpc) is 2.82. The molecule has 1 heterocycles. The van der Waals surface area contributed by atoms with Gasteiger partial charge in [-0.2, -0.15) is 0 Å². The standard InChI is InChI=1S/C12H15NO3S/c14-11(13-10-2-1-7-17-10)8-3-5-9(6-4-8)12(15)16/h1-2,7-9H,3-6H2,(H,13,14)(H,15,16). The van der Waals surface area contributed by atoms with Crippen molar-refractivity contribution in [1.29, 1.82) is 0 Å². The fourth-order valence-electron chi connectivity index (χ4n) is 2.18. The van der Waals surface area contributed by atoms with Crippen LogP contribution < -0.4 is 5.32 Å². The molecule has 0 aliphatic heterocycles. The van der Waals surface area contributed by atoms with Gasteiger partial charge in [-0.3, -0.25) is 9.59 Å². The highest BCUT2D eigenvalue weighted by molar-refractivity contribution is 7.14. The van der Waals surface area contributed by atoms with Crippen molar-refractivity contribution in [1.82, 2.24) is 0 Å². The summed E-state index contributed by atoms with van der Waals surface area (Å²) >= 11 is 1.49. The maximum atomic E-state index is 11.9. The molecular formula is C12H15NO3S. The van der Waals surface area contributed by atoms with Gasteiger partial charge in [0.1, 0.15) is 0 Å². The van der Waals surface area contributed by atoms with Crippen LogP contribution in [-0.4, -0.2) is 17.0 Å². The van der Waals surface area contributed by atoms with Crippen molar-refractivity contribution in [3.63, 3.8) is 0 Å². The molecule has 1 aromatic rings. The molecule has 0 aromatic carbocycles. The number of nitrogens with one attached hydrogen (secondary N) is 1. The number of thiophene rings is 1. The SMILES string of the molecule is O=C(O)C1CCC(C(=O)Nc2cccs2)CC1. The zero-order valence-corrected chi connectivity index (χ0v) is 10.2. The van der Waals surface area contributed by atoms with E-state index in [0.29, 0.717) is 25.7 Å². The van der Waals surface area contributed by atoms with Crippen LogP contribution in [0.15, 0.2) is 17.5 Å². The molecule has 1 saturated carbocycles. The first-order chi connectivity index (χ1) is 8.16. The van der Waals surface area contributed by atoms with Crippen LogP contribution in [0.5, 0.6) is 0 Å². The second-order valence-corrected chi connectivity index (χ2v) is 5.30. The average molecular weight is 253 g/mol. The van der Waals surface area contributed by atoms with Crippen molar-refractivity contribution >= 4 is 28.2 Å². The van der Waals surface area contributed by atoms with Crippen molar-refractivity contribution in [3.05, 3.63) is 17.5 Å². The van der Waals surface area contributed by atoms with Gasteiger partial charge in [-0.05, 0) is 43.2 Å². The van der Waals surface area contributed by atoms with Gasteiger partial charge in [0.15, 0.2) is 0 Å². The van der Waals surface area contributed by atoms with E-state index in [1.165, 1.54) is 11.3 Å². The Hall–Kier alpha value is -1.36. The minimum absolute atomic E-state index is 0.0243. The number of carboxylic acid groups (broad SMARTS) is 1. The van der Waals surface area contributed by atoms with Gasteiger partial charge in [-0.15, -0.1) is 11.3 Å². The molecule has 2 N–H and O–H groups in total. The van der Waals surface area contributed by atoms with Gasteiger partial charge in [-0.1, -0.05) is 0 Å². The largest absolute Gasteiger partial charge is 0.481 e. The summed E-state index contributed by atoms with van der Waals surface area (Å²) in [5.41, 5.74) is 0. The molecular weight excluding hydrogens is 238 g/mol. The highest BCUT2D eigenvalue weighted by Crippen LogP contribution is 2.30. The summed E-state index contributed by atoms with van der Waals surface area (Å²) in [5, 5.41) is 14.5. The normalized spacial score (nSPS) is 24.2. The van der Waals surface area contributed by atoms with Gasteiger partial charge >= 0.3 is 5.97 Å². The maximum Gasteiger partial charge on any atom is 0.306 e. The van der Waals surface area contributed by atoms with Crippen molar-refractivity contribution in [2.24, 2.45) is 11.8 Å². The van der Waals surface area contributed by atoms with E-state index in [4.69, 9.17) is 5.11 Å². The van der Waals surface area contributed by atoms with Crippen molar-refractivity contribution < 1.29 is 14.7 Å². The highest BCUT2D eigenvalue weighted by atomic mass is 32.1. The van der Waals surface area contributed by atoms with Crippen LogP contribution in [0, 0.1) is 11.8 Å². The van der Waals surface area contributed by atoms with E-state index < -0.39 is 5.97 Å². The smallest absolute Gasteiger partial charge is 0.306 e. The second-order valence-electron chi connectivity index (χ2n) is 4.35. The van der Waals surface area contributed by atoms with E-state index in [-0.39, 0.29) is 17.7 Å². The van der Waals surface area contributed by atoms with Crippen LogP contribution in [0.2, 0.25) is 0 Å². The van der Waals surface area contributed by atoms with Gasteiger partial charge in [0.25, 0.3) is 0 Å². The van der Waals surface area contributed by atoms with Crippen molar-refractivity contribution in [2.45, 2.75) is 25.7 Å².